The van der Waals surface area contributed by atoms with E-state index in [1.807, 2.05) is 17.5 Å². The van der Waals surface area contributed by atoms with Crippen LogP contribution in [0.15, 0.2) is 58.9 Å². The number of rotatable bonds is 7. The molecule has 0 radical (unpaired) electrons. The number of aliphatic imine (C=N–C) groups is 1. The quantitative estimate of drug-likeness (QED) is 0.427. The van der Waals surface area contributed by atoms with Crippen molar-refractivity contribution in [2.75, 3.05) is 32.7 Å². The van der Waals surface area contributed by atoms with Gasteiger partial charge in [0.15, 0.2) is 5.96 Å². The van der Waals surface area contributed by atoms with Crippen LogP contribution in [0.1, 0.15) is 35.0 Å². The molecule has 0 saturated heterocycles. The van der Waals surface area contributed by atoms with Gasteiger partial charge in [-0.25, -0.2) is 0 Å². The summed E-state index contributed by atoms with van der Waals surface area (Å²) in [4.78, 5) is 19.7. The molecule has 148 valence electrons. The number of benzene rings is 1. The molecule has 0 spiro atoms. The Balaban J connectivity index is 1.48. The summed E-state index contributed by atoms with van der Waals surface area (Å²) in [6.45, 7) is 6.09. The molecule has 28 heavy (non-hydrogen) atoms. The molecule has 1 aliphatic heterocycles. The molecule has 2 N–H and O–H groups in total. The number of hydrogen-bond acceptors (Lipinski definition) is 3. The first-order valence-corrected chi connectivity index (χ1v) is 10.8. The molecule has 5 nitrogen and oxygen atoms in total. The Morgan fingerprint density at radius 3 is 2.71 bits per heavy atom. The van der Waals surface area contributed by atoms with Crippen LogP contribution in [-0.2, 0) is 0 Å². The molecule has 3 rings (SSSR count). The number of hydrogen-bond donors (Lipinski definition) is 2. The van der Waals surface area contributed by atoms with Crippen LogP contribution >= 0.6 is 11.3 Å². The monoisotopic (exact) mass is 396 g/mol. The average molecular weight is 397 g/mol. The molecule has 0 atom stereocenters. The average Bonchev–Trinajstić information content (AvgIpc) is 3.28. The second kappa shape index (κ2) is 10.7. The smallest absolute Gasteiger partial charge is 0.261 e. The largest absolute Gasteiger partial charge is 0.357 e. The first-order chi connectivity index (χ1) is 13.8. The van der Waals surface area contributed by atoms with Gasteiger partial charge >= 0.3 is 0 Å². The van der Waals surface area contributed by atoms with Crippen molar-refractivity contribution in [1.82, 2.24) is 15.5 Å². The molecule has 1 aromatic carbocycles. The summed E-state index contributed by atoms with van der Waals surface area (Å²) in [5, 5.41) is 8.26. The number of nitrogens with one attached hydrogen (secondary N) is 2. The van der Waals surface area contributed by atoms with Crippen LogP contribution in [0.2, 0.25) is 0 Å². The van der Waals surface area contributed by atoms with E-state index in [1.54, 1.807) is 0 Å². The Kier molecular flexibility index (Phi) is 7.67. The van der Waals surface area contributed by atoms with Gasteiger partial charge in [-0.1, -0.05) is 42.5 Å². The molecule has 0 aliphatic carbocycles. The molecule has 0 unspecified atom stereocenters. The molecule has 1 aliphatic rings. The predicted molar refractivity (Wildman–Crippen MR) is 118 cm³/mol. The number of carbonyl (C=O) groups is 1. The van der Waals surface area contributed by atoms with E-state index in [-0.39, 0.29) is 5.91 Å². The number of amides is 1. The fraction of sp³-hybridized carbons (Fsp3) is 0.364. The van der Waals surface area contributed by atoms with Gasteiger partial charge in [0.1, 0.15) is 0 Å². The van der Waals surface area contributed by atoms with E-state index in [0.717, 1.165) is 43.3 Å². The summed E-state index contributed by atoms with van der Waals surface area (Å²) >= 11 is 1.46. The van der Waals surface area contributed by atoms with Gasteiger partial charge in [0.05, 0.1) is 4.88 Å². The minimum absolute atomic E-state index is 0.000459. The Morgan fingerprint density at radius 1 is 1.18 bits per heavy atom. The van der Waals surface area contributed by atoms with Gasteiger partial charge in [-0.3, -0.25) is 9.79 Å². The van der Waals surface area contributed by atoms with Gasteiger partial charge in [0, 0.05) is 32.7 Å². The molecule has 2 aromatic rings. The maximum atomic E-state index is 11.9. The molecule has 6 heteroatoms. The van der Waals surface area contributed by atoms with Crippen molar-refractivity contribution in [3.8, 4) is 0 Å². The molecule has 1 aromatic heterocycles. The van der Waals surface area contributed by atoms with E-state index in [2.05, 4.69) is 58.9 Å². The number of thiophene rings is 1. The van der Waals surface area contributed by atoms with E-state index in [0.29, 0.717) is 13.1 Å². The minimum Gasteiger partial charge on any atom is -0.357 e. The third-order valence-corrected chi connectivity index (χ3v) is 5.48. The van der Waals surface area contributed by atoms with E-state index < -0.39 is 0 Å². The lowest BCUT2D eigenvalue weighted by Crippen LogP contribution is -2.43. The van der Waals surface area contributed by atoms with Gasteiger partial charge in [-0.15, -0.1) is 11.3 Å². The topological polar surface area (TPSA) is 56.7 Å². The van der Waals surface area contributed by atoms with Crippen molar-refractivity contribution in [3.05, 3.63) is 64.4 Å². The van der Waals surface area contributed by atoms with E-state index in [9.17, 15) is 4.79 Å². The first kappa shape index (κ1) is 20.1. The van der Waals surface area contributed by atoms with Gasteiger partial charge in [-0.2, -0.15) is 0 Å². The summed E-state index contributed by atoms with van der Waals surface area (Å²) in [7, 11) is 0. The van der Waals surface area contributed by atoms with Crippen molar-refractivity contribution in [2.24, 2.45) is 4.99 Å². The zero-order valence-electron chi connectivity index (χ0n) is 16.4. The minimum atomic E-state index is 0.000459. The molecular weight excluding hydrogens is 368 g/mol. The SMILES string of the molecule is CCNC(=NCCCNC(=O)c1cccs1)N1CC=C(c2ccccc2)CC1. The van der Waals surface area contributed by atoms with Crippen LogP contribution in [0, 0.1) is 0 Å². The molecule has 0 saturated carbocycles. The first-order valence-electron chi connectivity index (χ1n) is 9.87. The second-order valence-electron chi connectivity index (χ2n) is 6.61. The Bertz CT molecular complexity index is 799. The van der Waals surface area contributed by atoms with Crippen LogP contribution < -0.4 is 10.6 Å². The standard InChI is InChI=1S/C22H28N4OS/c1-2-23-22(25-14-7-13-24-21(27)20-10-6-17-28-20)26-15-11-19(12-16-26)18-8-4-3-5-9-18/h3-6,8-11,17H,2,7,12-16H2,1H3,(H,23,25)(H,24,27). The fourth-order valence-electron chi connectivity index (χ4n) is 3.16. The maximum absolute atomic E-state index is 11.9. The normalized spacial score (nSPS) is 14.5. The molecular formula is C22H28N4OS. The highest BCUT2D eigenvalue weighted by molar-refractivity contribution is 7.12. The van der Waals surface area contributed by atoms with Crippen molar-refractivity contribution in [1.29, 1.82) is 0 Å². The van der Waals surface area contributed by atoms with Crippen LogP contribution in [0.5, 0.6) is 0 Å². The Hall–Kier alpha value is -2.60. The summed E-state index contributed by atoms with van der Waals surface area (Å²) in [5.74, 6) is 0.955. The van der Waals surface area contributed by atoms with Gasteiger partial charge < -0.3 is 15.5 Å². The van der Waals surface area contributed by atoms with Crippen molar-refractivity contribution in [2.45, 2.75) is 19.8 Å². The van der Waals surface area contributed by atoms with Gasteiger partial charge in [-0.05, 0) is 42.3 Å². The van der Waals surface area contributed by atoms with Crippen LogP contribution in [0.3, 0.4) is 0 Å². The fourth-order valence-corrected chi connectivity index (χ4v) is 3.80. The van der Waals surface area contributed by atoms with E-state index >= 15 is 0 Å². The van der Waals surface area contributed by atoms with Gasteiger partial charge in [0.2, 0.25) is 0 Å². The van der Waals surface area contributed by atoms with E-state index in [4.69, 9.17) is 4.99 Å². The number of carbonyl (C=O) groups excluding carboxylic acids is 1. The number of guanidine groups is 1. The second-order valence-corrected chi connectivity index (χ2v) is 7.56. The lowest BCUT2D eigenvalue weighted by atomic mass is 10.00. The highest BCUT2D eigenvalue weighted by Gasteiger charge is 2.16. The predicted octanol–water partition coefficient (Wildman–Crippen LogP) is 3.62. The van der Waals surface area contributed by atoms with Crippen LogP contribution in [0.4, 0.5) is 0 Å². The van der Waals surface area contributed by atoms with E-state index in [1.165, 1.54) is 22.5 Å². The zero-order valence-corrected chi connectivity index (χ0v) is 17.2. The highest BCUT2D eigenvalue weighted by Crippen LogP contribution is 2.21. The Labute approximate surface area is 171 Å². The lowest BCUT2D eigenvalue weighted by Gasteiger charge is -2.30. The maximum Gasteiger partial charge on any atom is 0.261 e. The van der Waals surface area contributed by atoms with Crippen molar-refractivity contribution >= 4 is 28.8 Å². The molecule has 0 bridgehead atoms. The number of nitrogens with zero attached hydrogens (tertiary/aromatic N) is 2. The summed E-state index contributed by atoms with van der Waals surface area (Å²) < 4.78 is 0. The van der Waals surface area contributed by atoms with Crippen LogP contribution in [-0.4, -0.2) is 49.5 Å². The third kappa shape index (κ3) is 5.70. The van der Waals surface area contributed by atoms with Crippen LogP contribution in [0.25, 0.3) is 5.57 Å². The lowest BCUT2D eigenvalue weighted by molar-refractivity contribution is 0.0957. The van der Waals surface area contributed by atoms with Gasteiger partial charge in [0.25, 0.3) is 5.91 Å². The van der Waals surface area contributed by atoms with Crippen molar-refractivity contribution < 1.29 is 4.79 Å². The summed E-state index contributed by atoms with van der Waals surface area (Å²) in [6.07, 6.45) is 4.14. The molecule has 0 fully saturated rings. The third-order valence-electron chi connectivity index (χ3n) is 4.62. The summed E-state index contributed by atoms with van der Waals surface area (Å²) in [5.41, 5.74) is 2.72. The molecule has 1 amide bonds. The highest BCUT2D eigenvalue weighted by atomic mass is 32.1. The molecule has 2 heterocycles. The summed E-state index contributed by atoms with van der Waals surface area (Å²) in [6, 6.07) is 14.3. The zero-order chi connectivity index (χ0) is 19.6. The Morgan fingerprint density at radius 2 is 2.04 bits per heavy atom. The van der Waals surface area contributed by atoms with Crippen molar-refractivity contribution in [3.63, 3.8) is 0 Å².